The average Bonchev–Trinajstić information content (AvgIpc) is 2.95. The van der Waals surface area contributed by atoms with E-state index in [9.17, 15) is 14.9 Å². The topological polar surface area (TPSA) is 87.2 Å². The molecule has 0 saturated carbocycles. The minimum atomic E-state index is -0.879. The number of primary amides is 1. The molecule has 1 saturated heterocycles. The lowest BCUT2D eigenvalue weighted by molar-refractivity contribution is -0.117. The number of nitrogens with zero attached hydrogens (tertiary/aromatic N) is 2. The van der Waals surface area contributed by atoms with E-state index in [1.807, 2.05) is 12.1 Å². The molecule has 3 rings (SSSR count). The number of anilines is 1. The standard InChI is InChI=1S/C19H13Cl2N3O2S/c20-12-6-7-15(21)11(8-12)9-16-18(26)24(13-4-2-1-3-5-13)19(27-16)14(10-22)17(23)25/h1-8,16H,9H2,(H2,23,25). The van der Waals surface area contributed by atoms with Gasteiger partial charge in [-0.3, -0.25) is 14.5 Å². The molecule has 0 aromatic heterocycles. The molecule has 1 aliphatic heterocycles. The number of nitriles is 1. The first-order chi connectivity index (χ1) is 12.9. The van der Waals surface area contributed by atoms with Gasteiger partial charge in [-0.15, -0.1) is 0 Å². The lowest BCUT2D eigenvalue weighted by Gasteiger charge is -2.18. The van der Waals surface area contributed by atoms with Crippen molar-refractivity contribution in [3.8, 4) is 6.07 Å². The van der Waals surface area contributed by atoms with Crippen LogP contribution in [0.2, 0.25) is 10.0 Å². The minimum Gasteiger partial charge on any atom is -0.365 e. The summed E-state index contributed by atoms with van der Waals surface area (Å²) >= 11 is 13.4. The summed E-state index contributed by atoms with van der Waals surface area (Å²) in [7, 11) is 0. The summed E-state index contributed by atoms with van der Waals surface area (Å²) in [6.45, 7) is 0. The number of nitrogens with two attached hydrogens (primary N) is 1. The Morgan fingerprint density at radius 3 is 2.56 bits per heavy atom. The number of para-hydroxylation sites is 1. The van der Waals surface area contributed by atoms with Gasteiger partial charge in [-0.25, -0.2) is 0 Å². The maximum Gasteiger partial charge on any atom is 0.262 e. The van der Waals surface area contributed by atoms with Crippen molar-refractivity contribution < 1.29 is 9.59 Å². The number of halogens is 2. The zero-order chi connectivity index (χ0) is 19.6. The molecule has 2 aromatic rings. The Labute approximate surface area is 170 Å². The Morgan fingerprint density at radius 2 is 1.93 bits per heavy atom. The van der Waals surface area contributed by atoms with Gasteiger partial charge in [0, 0.05) is 15.7 Å². The molecular weight excluding hydrogens is 405 g/mol. The molecular formula is C19H13Cl2N3O2S. The van der Waals surface area contributed by atoms with Gasteiger partial charge in [-0.05, 0) is 42.3 Å². The number of thioether (sulfide) groups is 1. The number of hydrogen-bond acceptors (Lipinski definition) is 4. The molecule has 1 heterocycles. The molecule has 1 atom stereocenters. The van der Waals surface area contributed by atoms with Crippen LogP contribution in [0.15, 0.2) is 59.1 Å². The third-order valence-electron chi connectivity index (χ3n) is 3.95. The van der Waals surface area contributed by atoms with Gasteiger partial charge in [0.1, 0.15) is 16.7 Å². The highest BCUT2D eigenvalue weighted by Crippen LogP contribution is 2.42. The lowest BCUT2D eigenvalue weighted by Crippen LogP contribution is -2.31. The SMILES string of the molecule is N#CC(C(N)=O)=C1SC(Cc2cc(Cl)ccc2Cl)C(=O)N1c1ccccc1. The van der Waals surface area contributed by atoms with Gasteiger partial charge < -0.3 is 5.73 Å². The number of carbonyl (C=O) groups excluding carboxylic acids is 2. The normalized spacial score (nSPS) is 18.3. The molecule has 1 fully saturated rings. The zero-order valence-electron chi connectivity index (χ0n) is 13.9. The Morgan fingerprint density at radius 1 is 1.22 bits per heavy atom. The van der Waals surface area contributed by atoms with Gasteiger partial charge in [0.15, 0.2) is 0 Å². The van der Waals surface area contributed by atoms with E-state index in [1.165, 1.54) is 4.90 Å². The largest absolute Gasteiger partial charge is 0.365 e. The van der Waals surface area contributed by atoms with Gasteiger partial charge >= 0.3 is 0 Å². The molecule has 5 nitrogen and oxygen atoms in total. The number of benzene rings is 2. The van der Waals surface area contributed by atoms with Crippen molar-refractivity contribution >= 4 is 52.5 Å². The maximum absolute atomic E-state index is 13.1. The Kier molecular flexibility index (Phi) is 5.76. The lowest BCUT2D eigenvalue weighted by atomic mass is 10.1. The third-order valence-corrected chi connectivity index (χ3v) is 5.82. The fourth-order valence-corrected chi connectivity index (χ4v) is 4.40. The smallest absolute Gasteiger partial charge is 0.262 e. The van der Waals surface area contributed by atoms with Crippen LogP contribution < -0.4 is 10.6 Å². The summed E-state index contributed by atoms with van der Waals surface area (Å²) in [4.78, 5) is 26.2. The van der Waals surface area contributed by atoms with E-state index in [2.05, 4.69) is 0 Å². The molecule has 2 amide bonds. The number of hydrogen-bond donors (Lipinski definition) is 1. The predicted octanol–water partition coefficient (Wildman–Crippen LogP) is 3.90. The molecule has 2 N–H and O–H groups in total. The third kappa shape index (κ3) is 3.96. The number of amides is 2. The van der Waals surface area contributed by atoms with E-state index in [4.69, 9.17) is 28.9 Å². The molecule has 2 aromatic carbocycles. The van der Waals surface area contributed by atoms with Crippen LogP contribution in [0.4, 0.5) is 5.69 Å². The first-order valence-corrected chi connectivity index (χ1v) is 9.49. The fraction of sp³-hybridized carbons (Fsp3) is 0.105. The second-order valence-corrected chi connectivity index (χ2v) is 7.75. The Hall–Kier alpha value is -2.46. The summed E-state index contributed by atoms with van der Waals surface area (Å²) in [6, 6.07) is 15.6. The van der Waals surface area contributed by atoms with Crippen LogP contribution in [-0.2, 0) is 16.0 Å². The van der Waals surface area contributed by atoms with Crippen molar-refractivity contribution in [1.82, 2.24) is 0 Å². The highest BCUT2D eigenvalue weighted by Gasteiger charge is 2.40. The summed E-state index contributed by atoms with van der Waals surface area (Å²) in [5.74, 6) is -1.14. The monoisotopic (exact) mass is 417 g/mol. The summed E-state index contributed by atoms with van der Waals surface area (Å²) in [5, 5.41) is 10.0. The molecule has 0 spiro atoms. The summed E-state index contributed by atoms with van der Waals surface area (Å²) in [6.07, 6.45) is 0.299. The van der Waals surface area contributed by atoms with Crippen molar-refractivity contribution in [3.63, 3.8) is 0 Å². The first-order valence-electron chi connectivity index (χ1n) is 7.86. The number of rotatable bonds is 4. The molecule has 27 heavy (non-hydrogen) atoms. The van der Waals surface area contributed by atoms with Crippen LogP contribution in [0.5, 0.6) is 0 Å². The molecule has 0 radical (unpaired) electrons. The van der Waals surface area contributed by atoms with Gasteiger partial charge in [-0.1, -0.05) is 53.2 Å². The maximum atomic E-state index is 13.1. The van der Waals surface area contributed by atoms with Crippen LogP contribution >= 0.6 is 35.0 Å². The van der Waals surface area contributed by atoms with Gasteiger partial charge in [-0.2, -0.15) is 5.26 Å². The van der Waals surface area contributed by atoms with E-state index >= 15 is 0 Å². The summed E-state index contributed by atoms with van der Waals surface area (Å²) < 4.78 is 0. The fourth-order valence-electron chi connectivity index (χ4n) is 2.71. The van der Waals surface area contributed by atoms with Gasteiger partial charge in [0.05, 0.1) is 5.25 Å². The molecule has 0 bridgehead atoms. The summed E-state index contributed by atoms with van der Waals surface area (Å²) in [5.41, 5.74) is 6.36. The number of carbonyl (C=O) groups is 2. The van der Waals surface area contributed by atoms with Crippen LogP contribution in [0, 0.1) is 11.3 Å². The van der Waals surface area contributed by atoms with Crippen LogP contribution in [0.25, 0.3) is 0 Å². The highest BCUT2D eigenvalue weighted by atomic mass is 35.5. The zero-order valence-corrected chi connectivity index (χ0v) is 16.2. The molecule has 8 heteroatoms. The van der Waals surface area contributed by atoms with E-state index in [0.29, 0.717) is 27.7 Å². The van der Waals surface area contributed by atoms with Crippen LogP contribution in [-0.4, -0.2) is 17.1 Å². The quantitative estimate of drug-likeness (QED) is 0.603. The van der Waals surface area contributed by atoms with Crippen molar-refractivity contribution in [1.29, 1.82) is 5.26 Å². The van der Waals surface area contributed by atoms with Crippen molar-refractivity contribution in [3.05, 3.63) is 74.7 Å². The van der Waals surface area contributed by atoms with Crippen LogP contribution in [0.1, 0.15) is 5.56 Å². The Bertz CT molecular complexity index is 986. The van der Waals surface area contributed by atoms with Crippen molar-refractivity contribution in [2.75, 3.05) is 4.90 Å². The molecule has 136 valence electrons. The van der Waals surface area contributed by atoms with Crippen molar-refractivity contribution in [2.24, 2.45) is 5.73 Å². The average molecular weight is 418 g/mol. The predicted molar refractivity (Wildman–Crippen MR) is 107 cm³/mol. The molecule has 0 aliphatic carbocycles. The first kappa shape index (κ1) is 19.3. The van der Waals surface area contributed by atoms with E-state index in [1.54, 1.807) is 42.5 Å². The minimum absolute atomic E-state index is 0.226. The molecule has 1 aliphatic rings. The van der Waals surface area contributed by atoms with Crippen molar-refractivity contribution in [2.45, 2.75) is 11.7 Å². The van der Waals surface area contributed by atoms with E-state index in [0.717, 1.165) is 11.8 Å². The Balaban J connectivity index is 2.04. The second kappa shape index (κ2) is 8.05. The van der Waals surface area contributed by atoms with E-state index in [-0.39, 0.29) is 16.5 Å². The van der Waals surface area contributed by atoms with Gasteiger partial charge in [0.25, 0.3) is 5.91 Å². The molecule has 1 unspecified atom stereocenters. The van der Waals surface area contributed by atoms with E-state index < -0.39 is 11.2 Å². The highest BCUT2D eigenvalue weighted by molar-refractivity contribution is 8.05. The van der Waals surface area contributed by atoms with Gasteiger partial charge in [0.2, 0.25) is 5.91 Å². The van der Waals surface area contributed by atoms with Crippen LogP contribution in [0.3, 0.4) is 0 Å². The second-order valence-electron chi connectivity index (χ2n) is 5.71.